The Bertz CT molecular complexity index is 515. The number of nitrogens with zero attached hydrogens (tertiary/aromatic N) is 1. The Kier molecular flexibility index (Phi) is 4.36. The number of rotatable bonds is 3. The molecule has 112 valence electrons. The summed E-state index contributed by atoms with van der Waals surface area (Å²) in [6, 6.07) is 10.6. The van der Waals surface area contributed by atoms with Crippen molar-refractivity contribution in [2.45, 2.75) is 31.5 Å². The predicted molar refractivity (Wildman–Crippen MR) is 82.8 cm³/mol. The largest absolute Gasteiger partial charge is 0.376 e. The fraction of sp³-hybridized carbons (Fsp3) is 0.471. The van der Waals surface area contributed by atoms with E-state index in [2.05, 4.69) is 17.1 Å². The van der Waals surface area contributed by atoms with Crippen molar-refractivity contribution in [2.75, 3.05) is 19.7 Å². The average Bonchev–Trinajstić information content (AvgIpc) is 2.87. The number of carbonyl (C=O) groups is 1. The topological polar surface area (TPSA) is 41.6 Å². The number of amides is 1. The van der Waals surface area contributed by atoms with Gasteiger partial charge in [0.25, 0.3) is 0 Å². The molecular weight excluding hydrogens is 264 g/mol. The van der Waals surface area contributed by atoms with E-state index in [4.69, 9.17) is 4.74 Å². The van der Waals surface area contributed by atoms with Crippen LogP contribution < -0.4 is 5.32 Å². The second-order valence-electron chi connectivity index (χ2n) is 5.94. The summed E-state index contributed by atoms with van der Waals surface area (Å²) in [6.45, 7) is 4.79. The van der Waals surface area contributed by atoms with Crippen LogP contribution in [0, 0.1) is 0 Å². The van der Waals surface area contributed by atoms with E-state index in [1.165, 1.54) is 0 Å². The number of nitrogens with one attached hydrogen (secondary N) is 1. The van der Waals surface area contributed by atoms with E-state index >= 15 is 0 Å². The van der Waals surface area contributed by atoms with Crippen molar-refractivity contribution in [1.82, 2.24) is 10.2 Å². The van der Waals surface area contributed by atoms with E-state index in [1.807, 2.05) is 36.4 Å². The molecule has 0 aliphatic carbocycles. The summed E-state index contributed by atoms with van der Waals surface area (Å²) < 4.78 is 5.68. The molecule has 1 aromatic carbocycles. The van der Waals surface area contributed by atoms with Crippen molar-refractivity contribution >= 4 is 12.0 Å². The smallest absolute Gasteiger partial charge is 0.244 e. The molecule has 1 aromatic rings. The lowest BCUT2D eigenvalue weighted by atomic mass is 10.1. The fourth-order valence-electron chi connectivity index (χ4n) is 3.13. The minimum atomic E-state index is -0.0160. The molecule has 2 saturated heterocycles. The van der Waals surface area contributed by atoms with Gasteiger partial charge < -0.3 is 10.1 Å². The molecule has 3 rings (SSSR count). The molecule has 0 saturated carbocycles. The molecule has 3 atom stereocenters. The molecule has 1 amide bonds. The van der Waals surface area contributed by atoms with Gasteiger partial charge in [-0.05, 0) is 25.0 Å². The molecule has 0 unspecified atom stereocenters. The van der Waals surface area contributed by atoms with Crippen molar-refractivity contribution in [2.24, 2.45) is 0 Å². The number of hydrogen-bond acceptors (Lipinski definition) is 3. The monoisotopic (exact) mass is 286 g/mol. The van der Waals surface area contributed by atoms with E-state index < -0.39 is 0 Å². The number of morpholine rings is 1. The van der Waals surface area contributed by atoms with Gasteiger partial charge in [0.15, 0.2) is 0 Å². The van der Waals surface area contributed by atoms with Crippen LogP contribution in [0.5, 0.6) is 0 Å². The Labute approximate surface area is 125 Å². The quantitative estimate of drug-likeness (QED) is 0.860. The Balaban J connectivity index is 1.51. The zero-order chi connectivity index (χ0) is 14.7. The van der Waals surface area contributed by atoms with E-state index in [1.54, 1.807) is 6.08 Å². The first-order valence-electron chi connectivity index (χ1n) is 7.60. The highest BCUT2D eigenvalue weighted by atomic mass is 16.5. The first kappa shape index (κ1) is 14.3. The third kappa shape index (κ3) is 3.71. The summed E-state index contributed by atoms with van der Waals surface area (Å²) in [5, 5.41) is 3.10. The van der Waals surface area contributed by atoms with Gasteiger partial charge in [0.1, 0.15) is 0 Å². The van der Waals surface area contributed by atoms with Gasteiger partial charge in [0, 0.05) is 31.2 Å². The van der Waals surface area contributed by atoms with Crippen LogP contribution in [0.3, 0.4) is 0 Å². The minimum absolute atomic E-state index is 0.0160. The second kappa shape index (κ2) is 6.41. The van der Waals surface area contributed by atoms with Crippen LogP contribution in [-0.4, -0.2) is 48.7 Å². The Hall–Kier alpha value is -1.65. The molecule has 2 heterocycles. The van der Waals surface area contributed by atoms with Crippen molar-refractivity contribution in [3.63, 3.8) is 0 Å². The van der Waals surface area contributed by atoms with E-state index in [0.717, 1.165) is 31.7 Å². The van der Waals surface area contributed by atoms with Gasteiger partial charge in [0.2, 0.25) is 5.91 Å². The van der Waals surface area contributed by atoms with Gasteiger partial charge in [0.05, 0.1) is 12.7 Å². The van der Waals surface area contributed by atoms with Gasteiger partial charge in [-0.1, -0.05) is 30.3 Å². The van der Waals surface area contributed by atoms with E-state index in [0.29, 0.717) is 12.1 Å². The van der Waals surface area contributed by atoms with E-state index in [9.17, 15) is 4.79 Å². The summed E-state index contributed by atoms with van der Waals surface area (Å²) in [4.78, 5) is 14.4. The van der Waals surface area contributed by atoms with Crippen molar-refractivity contribution < 1.29 is 9.53 Å². The van der Waals surface area contributed by atoms with Gasteiger partial charge in [-0.2, -0.15) is 0 Å². The molecule has 4 nitrogen and oxygen atoms in total. The Morgan fingerprint density at radius 1 is 1.33 bits per heavy atom. The van der Waals surface area contributed by atoms with Crippen LogP contribution in [0.2, 0.25) is 0 Å². The molecule has 2 fully saturated rings. The zero-order valence-electron chi connectivity index (χ0n) is 12.4. The van der Waals surface area contributed by atoms with Gasteiger partial charge in [-0.25, -0.2) is 0 Å². The van der Waals surface area contributed by atoms with Gasteiger partial charge in [-0.3, -0.25) is 9.69 Å². The number of carbonyl (C=O) groups excluding carboxylic acids is 1. The zero-order valence-corrected chi connectivity index (χ0v) is 12.4. The standard InChI is InChI=1S/C17H22N2O2/c1-13-10-19-11-15(9-16(19)12-21-13)18-17(20)8-7-14-5-3-2-4-6-14/h2-8,13,15-16H,9-12H2,1H3,(H,18,20)/t13-,15-,16+/m1/s1. The summed E-state index contributed by atoms with van der Waals surface area (Å²) in [6.07, 6.45) is 4.75. The highest BCUT2D eigenvalue weighted by Gasteiger charge is 2.36. The molecule has 0 spiro atoms. The van der Waals surface area contributed by atoms with Crippen molar-refractivity contribution in [3.05, 3.63) is 42.0 Å². The van der Waals surface area contributed by atoms with Crippen LogP contribution in [0.25, 0.3) is 6.08 Å². The average molecular weight is 286 g/mol. The van der Waals surface area contributed by atoms with Crippen LogP contribution in [-0.2, 0) is 9.53 Å². The van der Waals surface area contributed by atoms with Crippen LogP contribution in [0.1, 0.15) is 18.9 Å². The molecule has 0 bridgehead atoms. The molecule has 2 aliphatic rings. The van der Waals surface area contributed by atoms with E-state index in [-0.39, 0.29) is 11.9 Å². The number of fused-ring (bicyclic) bond motifs is 1. The molecule has 21 heavy (non-hydrogen) atoms. The van der Waals surface area contributed by atoms with Crippen LogP contribution in [0.4, 0.5) is 0 Å². The summed E-state index contributed by atoms with van der Waals surface area (Å²) >= 11 is 0. The molecule has 0 aromatic heterocycles. The van der Waals surface area contributed by atoms with Gasteiger partial charge >= 0.3 is 0 Å². The SMILES string of the molecule is C[C@@H]1CN2C[C@H](NC(=O)C=Cc3ccccc3)C[C@H]2CO1. The maximum atomic E-state index is 12.0. The minimum Gasteiger partial charge on any atom is -0.376 e. The van der Waals surface area contributed by atoms with Gasteiger partial charge in [-0.15, -0.1) is 0 Å². The summed E-state index contributed by atoms with van der Waals surface area (Å²) in [7, 11) is 0. The third-order valence-corrected chi connectivity index (χ3v) is 4.17. The maximum Gasteiger partial charge on any atom is 0.244 e. The molecule has 0 radical (unpaired) electrons. The van der Waals surface area contributed by atoms with Crippen LogP contribution in [0.15, 0.2) is 36.4 Å². The highest BCUT2D eigenvalue weighted by molar-refractivity contribution is 5.91. The first-order chi connectivity index (χ1) is 10.2. The third-order valence-electron chi connectivity index (χ3n) is 4.17. The molecule has 1 N–H and O–H groups in total. The first-order valence-corrected chi connectivity index (χ1v) is 7.60. The summed E-state index contributed by atoms with van der Waals surface area (Å²) in [5.41, 5.74) is 1.04. The Morgan fingerprint density at radius 2 is 2.14 bits per heavy atom. The fourth-order valence-corrected chi connectivity index (χ4v) is 3.13. The maximum absolute atomic E-state index is 12.0. The number of ether oxygens (including phenoxy) is 1. The lowest BCUT2D eigenvalue weighted by molar-refractivity contribution is -0.117. The van der Waals surface area contributed by atoms with Crippen molar-refractivity contribution in [3.8, 4) is 0 Å². The molecule has 4 heteroatoms. The summed E-state index contributed by atoms with van der Waals surface area (Å²) in [5.74, 6) is -0.0160. The predicted octanol–water partition coefficient (Wildman–Crippen LogP) is 1.68. The van der Waals surface area contributed by atoms with Crippen LogP contribution >= 0.6 is 0 Å². The normalized spacial score (nSPS) is 29.5. The highest BCUT2D eigenvalue weighted by Crippen LogP contribution is 2.23. The number of benzene rings is 1. The Morgan fingerprint density at radius 3 is 2.95 bits per heavy atom. The molecular formula is C17H22N2O2. The van der Waals surface area contributed by atoms with Crippen molar-refractivity contribution in [1.29, 1.82) is 0 Å². The lowest BCUT2D eigenvalue weighted by Crippen LogP contribution is -2.45. The molecule has 2 aliphatic heterocycles. The number of hydrogen-bond donors (Lipinski definition) is 1. The lowest BCUT2D eigenvalue weighted by Gasteiger charge is -2.33. The second-order valence-corrected chi connectivity index (χ2v) is 5.94.